The van der Waals surface area contributed by atoms with Crippen LogP contribution in [0.2, 0.25) is 0 Å². The zero-order valence-corrected chi connectivity index (χ0v) is 15.4. The first-order valence-electron chi connectivity index (χ1n) is 9.62. The van der Waals surface area contributed by atoms with Gasteiger partial charge in [-0.25, -0.2) is 0 Å². The lowest BCUT2D eigenvalue weighted by Gasteiger charge is -2.06. The summed E-state index contributed by atoms with van der Waals surface area (Å²) in [5.74, 6) is -0.0984. The highest BCUT2D eigenvalue weighted by atomic mass is 16.6. The van der Waals surface area contributed by atoms with Crippen molar-refractivity contribution in [3.63, 3.8) is 0 Å². The van der Waals surface area contributed by atoms with Crippen molar-refractivity contribution < 1.29 is 19.0 Å². The average molecular weight is 331 g/mol. The van der Waals surface area contributed by atoms with Crippen molar-refractivity contribution in [1.82, 2.24) is 0 Å². The molecule has 138 valence electrons. The molecule has 0 N–H and O–H groups in total. The summed E-state index contributed by atoms with van der Waals surface area (Å²) in [5.41, 5.74) is 0. The Morgan fingerprint density at radius 2 is 1.13 bits per heavy atom. The molecule has 0 saturated heterocycles. The number of carbonyl (C=O) groups is 1. The van der Waals surface area contributed by atoms with E-state index in [2.05, 4.69) is 13.8 Å². The molecule has 0 aromatic heterocycles. The van der Waals surface area contributed by atoms with Gasteiger partial charge in [-0.2, -0.15) is 0 Å². The molecule has 0 aromatic rings. The molecule has 4 nitrogen and oxygen atoms in total. The Morgan fingerprint density at radius 1 is 0.609 bits per heavy atom. The second-order valence-electron chi connectivity index (χ2n) is 6.02. The zero-order chi connectivity index (χ0) is 17.0. The summed E-state index contributed by atoms with van der Waals surface area (Å²) in [6.07, 6.45) is 12.9. The maximum atomic E-state index is 11.5. The molecule has 0 amide bonds. The molecule has 0 aromatic carbocycles. The van der Waals surface area contributed by atoms with Crippen molar-refractivity contribution >= 4 is 5.97 Å². The molecule has 0 fully saturated rings. The molecule has 0 spiro atoms. The molecule has 0 aliphatic rings. The van der Waals surface area contributed by atoms with Crippen LogP contribution in [0, 0.1) is 0 Å². The van der Waals surface area contributed by atoms with Gasteiger partial charge in [0.05, 0.1) is 19.8 Å². The fourth-order valence-electron chi connectivity index (χ4n) is 2.33. The van der Waals surface area contributed by atoms with Crippen molar-refractivity contribution in [1.29, 1.82) is 0 Å². The lowest BCUT2D eigenvalue weighted by Crippen LogP contribution is -2.12. The molecule has 0 unspecified atom stereocenters. The summed E-state index contributed by atoms with van der Waals surface area (Å²) in [6, 6.07) is 0. The maximum Gasteiger partial charge on any atom is 0.305 e. The third-order valence-electron chi connectivity index (χ3n) is 3.70. The largest absolute Gasteiger partial charge is 0.463 e. The van der Waals surface area contributed by atoms with E-state index in [-0.39, 0.29) is 5.97 Å². The molecule has 23 heavy (non-hydrogen) atoms. The molecule has 4 heteroatoms. The number of hydrogen-bond acceptors (Lipinski definition) is 4. The van der Waals surface area contributed by atoms with Crippen LogP contribution in [0.25, 0.3) is 0 Å². The predicted octanol–water partition coefficient (Wildman–Crippen LogP) is 4.89. The number of esters is 1. The Labute approximate surface area is 143 Å². The molecule has 0 rings (SSSR count). The third kappa shape index (κ3) is 19.3. The van der Waals surface area contributed by atoms with Crippen molar-refractivity contribution in [3.05, 3.63) is 0 Å². The summed E-state index contributed by atoms with van der Waals surface area (Å²) in [6.45, 7) is 7.08. The molecule has 0 aliphatic carbocycles. The number of unbranched alkanes of at least 4 members (excludes halogenated alkanes) is 8. The minimum atomic E-state index is -0.0984. The smallest absolute Gasteiger partial charge is 0.305 e. The molecule has 0 heterocycles. The number of hydrogen-bond donors (Lipinski definition) is 0. The van der Waals surface area contributed by atoms with Gasteiger partial charge in [0.25, 0.3) is 0 Å². The molecular formula is C19H38O4. The summed E-state index contributed by atoms with van der Waals surface area (Å²) in [4.78, 5) is 11.5. The standard InChI is InChI=1S/C19H38O4/c1-3-5-6-7-8-9-10-11-12-13-19(20)23-18-17-22-16-15-21-14-4-2/h3-18H2,1-2H3. The Balaban J connectivity index is 3.13. The minimum Gasteiger partial charge on any atom is -0.463 e. The Kier molecular flexibility index (Phi) is 18.9. The molecular weight excluding hydrogens is 292 g/mol. The number of ether oxygens (including phenoxy) is 3. The summed E-state index contributed by atoms with van der Waals surface area (Å²) < 4.78 is 15.8. The van der Waals surface area contributed by atoms with Crippen molar-refractivity contribution in [2.75, 3.05) is 33.0 Å². The number of rotatable bonds is 18. The van der Waals surface area contributed by atoms with Gasteiger partial charge in [0, 0.05) is 13.0 Å². The van der Waals surface area contributed by atoms with Gasteiger partial charge in [-0.15, -0.1) is 0 Å². The van der Waals surface area contributed by atoms with E-state index < -0.39 is 0 Å². The lowest BCUT2D eigenvalue weighted by atomic mass is 10.1. The van der Waals surface area contributed by atoms with E-state index in [4.69, 9.17) is 14.2 Å². The second-order valence-corrected chi connectivity index (χ2v) is 6.02. The van der Waals surface area contributed by atoms with E-state index >= 15 is 0 Å². The van der Waals surface area contributed by atoms with Crippen LogP contribution in [0.1, 0.15) is 84.5 Å². The van der Waals surface area contributed by atoms with Gasteiger partial charge in [-0.3, -0.25) is 4.79 Å². The quantitative estimate of drug-likeness (QED) is 0.265. The zero-order valence-electron chi connectivity index (χ0n) is 15.4. The fourth-order valence-corrected chi connectivity index (χ4v) is 2.33. The highest BCUT2D eigenvalue weighted by Gasteiger charge is 2.02. The summed E-state index contributed by atoms with van der Waals surface area (Å²) in [7, 11) is 0. The fraction of sp³-hybridized carbons (Fsp3) is 0.947. The molecule has 0 saturated carbocycles. The Hall–Kier alpha value is -0.610. The van der Waals surface area contributed by atoms with Gasteiger partial charge in [0.2, 0.25) is 0 Å². The van der Waals surface area contributed by atoms with Gasteiger partial charge < -0.3 is 14.2 Å². The van der Waals surface area contributed by atoms with Crippen molar-refractivity contribution in [2.24, 2.45) is 0 Å². The number of carbonyl (C=O) groups excluding carboxylic acids is 1. The van der Waals surface area contributed by atoms with Crippen molar-refractivity contribution in [3.8, 4) is 0 Å². The van der Waals surface area contributed by atoms with Crippen LogP contribution in [0.5, 0.6) is 0 Å². The Morgan fingerprint density at radius 3 is 1.74 bits per heavy atom. The van der Waals surface area contributed by atoms with E-state index in [1.165, 1.54) is 44.9 Å². The average Bonchev–Trinajstić information content (AvgIpc) is 2.56. The van der Waals surface area contributed by atoms with E-state index in [0.29, 0.717) is 32.8 Å². The minimum absolute atomic E-state index is 0.0984. The molecule has 0 aliphatic heterocycles. The molecule has 0 bridgehead atoms. The first-order chi connectivity index (χ1) is 11.3. The van der Waals surface area contributed by atoms with E-state index in [1.807, 2.05) is 0 Å². The van der Waals surface area contributed by atoms with E-state index in [9.17, 15) is 4.79 Å². The monoisotopic (exact) mass is 330 g/mol. The third-order valence-corrected chi connectivity index (χ3v) is 3.70. The van der Waals surface area contributed by atoms with Gasteiger partial charge in [0.15, 0.2) is 0 Å². The highest BCUT2D eigenvalue weighted by Crippen LogP contribution is 2.10. The predicted molar refractivity (Wildman–Crippen MR) is 94.7 cm³/mol. The molecule has 0 atom stereocenters. The van der Waals surface area contributed by atoms with E-state index in [0.717, 1.165) is 25.9 Å². The van der Waals surface area contributed by atoms with Crippen LogP contribution >= 0.6 is 0 Å². The lowest BCUT2D eigenvalue weighted by molar-refractivity contribution is -0.145. The van der Waals surface area contributed by atoms with Crippen LogP contribution in [0.3, 0.4) is 0 Å². The van der Waals surface area contributed by atoms with Crippen molar-refractivity contribution in [2.45, 2.75) is 84.5 Å². The van der Waals surface area contributed by atoms with Crippen LogP contribution in [-0.2, 0) is 19.0 Å². The Bertz CT molecular complexity index is 244. The topological polar surface area (TPSA) is 44.8 Å². The van der Waals surface area contributed by atoms with E-state index in [1.54, 1.807) is 0 Å². The molecule has 0 radical (unpaired) electrons. The van der Waals surface area contributed by atoms with Gasteiger partial charge >= 0.3 is 5.97 Å². The van der Waals surface area contributed by atoms with Crippen LogP contribution in [0.4, 0.5) is 0 Å². The summed E-state index contributed by atoms with van der Waals surface area (Å²) in [5, 5.41) is 0. The van der Waals surface area contributed by atoms with Gasteiger partial charge in [-0.1, -0.05) is 65.2 Å². The van der Waals surface area contributed by atoms with Gasteiger partial charge in [0.1, 0.15) is 6.61 Å². The first-order valence-corrected chi connectivity index (χ1v) is 9.62. The maximum absolute atomic E-state index is 11.5. The van der Waals surface area contributed by atoms with Crippen LogP contribution < -0.4 is 0 Å². The van der Waals surface area contributed by atoms with Gasteiger partial charge in [-0.05, 0) is 12.8 Å². The van der Waals surface area contributed by atoms with Crippen LogP contribution in [0.15, 0.2) is 0 Å². The first kappa shape index (κ1) is 22.4. The second kappa shape index (κ2) is 19.4. The SMILES string of the molecule is CCCCCCCCCCCC(=O)OCCOCCOCCC. The summed E-state index contributed by atoms with van der Waals surface area (Å²) >= 11 is 0. The highest BCUT2D eigenvalue weighted by molar-refractivity contribution is 5.69. The normalized spacial score (nSPS) is 10.9. The van der Waals surface area contributed by atoms with Crippen LogP contribution in [-0.4, -0.2) is 39.0 Å².